The van der Waals surface area contributed by atoms with Crippen LogP contribution in [0.5, 0.6) is 5.75 Å². The van der Waals surface area contributed by atoms with Crippen molar-refractivity contribution in [2.24, 2.45) is 0 Å². The van der Waals surface area contributed by atoms with Gasteiger partial charge in [0.1, 0.15) is 5.75 Å². The second-order valence-electron chi connectivity index (χ2n) is 5.36. The van der Waals surface area contributed by atoms with Crippen LogP contribution in [0.3, 0.4) is 0 Å². The molecule has 1 atom stereocenters. The molecular weight excluding hydrogens is 276 g/mol. The molecule has 3 aromatic carbocycles. The number of thiol groups is 1. The maximum Gasteiger partial charge on any atom is 0.116 e. The Morgan fingerprint density at radius 2 is 1.57 bits per heavy atom. The highest BCUT2D eigenvalue weighted by Crippen LogP contribution is 2.27. The third-order valence-electron chi connectivity index (χ3n) is 3.86. The van der Waals surface area contributed by atoms with Crippen molar-refractivity contribution in [3.8, 4) is 5.75 Å². The Hall–Kier alpha value is -1.93. The zero-order chi connectivity index (χ0) is 14.7. The van der Waals surface area contributed by atoms with Gasteiger partial charge in [-0.2, -0.15) is 12.6 Å². The average Bonchev–Trinajstić information content (AvgIpc) is 2.53. The second kappa shape index (κ2) is 6.23. The van der Waals surface area contributed by atoms with Crippen molar-refractivity contribution in [1.29, 1.82) is 0 Å². The first-order valence-corrected chi connectivity index (χ1v) is 7.77. The molecule has 2 heteroatoms. The van der Waals surface area contributed by atoms with Gasteiger partial charge < -0.3 is 5.11 Å². The van der Waals surface area contributed by atoms with E-state index in [1.54, 1.807) is 12.1 Å². The van der Waals surface area contributed by atoms with Crippen LogP contribution >= 0.6 is 12.6 Å². The second-order valence-corrected chi connectivity index (χ2v) is 5.73. The van der Waals surface area contributed by atoms with E-state index in [0.29, 0.717) is 11.7 Å². The molecule has 3 aromatic rings. The van der Waals surface area contributed by atoms with Crippen LogP contribution in [0, 0.1) is 0 Å². The third kappa shape index (κ3) is 3.22. The van der Waals surface area contributed by atoms with Crippen LogP contribution in [0.25, 0.3) is 10.8 Å². The van der Waals surface area contributed by atoms with Crippen molar-refractivity contribution in [1.82, 2.24) is 0 Å². The predicted octanol–water partition coefficient (Wildman–Crippen LogP) is 4.80. The van der Waals surface area contributed by atoms with Crippen LogP contribution in [-0.4, -0.2) is 10.9 Å². The molecule has 0 saturated heterocycles. The fourth-order valence-electron chi connectivity index (χ4n) is 2.69. The summed E-state index contributed by atoms with van der Waals surface area (Å²) in [4.78, 5) is 0. The van der Waals surface area contributed by atoms with E-state index >= 15 is 0 Å². The highest BCUT2D eigenvalue weighted by molar-refractivity contribution is 7.80. The monoisotopic (exact) mass is 294 g/mol. The zero-order valence-electron chi connectivity index (χ0n) is 11.7. The van der Waals surface area contributed by atoms with Gasteiger partial charge in [0.15, 0.2) is 0 Å². The molecule has 3 rings (SSSR count). The fourth-order valence-corrected chi connectivity index (χ4v) is 3.03. The van der Waals surface area contributed by atoms with Gasteiger partial charge in [-0.1, -0.05) is 54.6 Å². The third-order valence-corrected chi connectivity index (χ3v) is 4.31. The van der Waals surface area contributed by atoms with Crippen LogP contribution in [0.1, 0.15) is 17.0 Å². The van der Waals surface area contributed by atoms with Gasteiger partial charge in [0.2, 0.25) is 0 Å². The number of phenols is 1. The Morgan fingerprint density at radius 1 is 0.857 bits per heavy atom. The van der Waals surface area contributed by atoms with E-state index in [-0.39, 0.29) is 0 Å². The van der Waals surface area contributed by atoms with Crippen molar-refractivity contribution in [3.05, 3.63) is 77.9 Å². The van der Waals surface area contributed by atoms with Crippen molar-refractivity contribution >= 4 is 23.4 Å². The summed E-state index contributed by atoms with van der Waals surface area (Å²) in [6.07, 6.45) is 0.994. The van der Waals surface area contributed by atoms with Crippen LogP contribution < -0.4 is 0 Å². The Bertz CT molecular complexity index is 737. The van der Waals surface area contributed by atoms with Crippen molar-refractivity contribution in [2.45, 2.75) is 12.3 Å². The van der Waals surface area contributed by atoms with Gasteiger partial charge in [0.05, 0.1) is 0 Å². The highest BCUT2D eigenvalue weighted by Gasteiger charge is 2.11. The van der Waals surface area contributed by atoms with E-state index in [2.05, 4.69) is 55.1 Å². The molecule has 0 saturated carbocycles. The SMILES string of the molecule is Oc1ccc2cc(C(CS)Cc3ccccc3)ccc2c1. The first-order valence-electron chi connectivity index (χ1n) is 7.14. The molecule has 0 fully saturated rings. The number of rotatable bonds is 4. The molecule has 21 heavy (non-hydrogen) atoms. The van der Waals surface area contributed by atoms with Gasteiger partial charge in [-0.05, 0) is 52.1 Å². The molecule has 0 bridgehead atoms. The molecule has 1 nitrogen and oxygen atoms in total. The minimum absolute atomic E-state index is 0.310. The molecular formula is C19H18OS. The number of hydrogen-bond acceptors (Lipinski definition) is 2. The fraction of sp³-hybridized carbons (Fsp3) is 0.158. The summed E-state index contributed by atoms with van der Waals surface area (Å²) < 4.78 is 0. The van der Waals surface area contributed by atoms with E-state index in [1.807, 2.05) is 12.1 Å². The molecule has 0 heterocycles. The van der Waals surface area contributed by atoms with Gasteiger partial charge in [0.25, 0.3) is 0 Å². The summed E-state index contributed by atoms with van der Waals surface area (Å²) in [5, 5.41) is 11.8. The molecule has 0 aliphatic rings. The van der Waals surface area contributed by atoms with E-state index in [9.17, 15) is 5.11 Å². The van der Waals surface area contributed by atoms with Gasteiger partial charge >= 0.3 is 0 Å². The van der Waals surface area contributed by atoms with Crippen molar-refractivity contribution in [2.75, 3.05) is 5.75 Å². The normalized spacial score (nSPS) is 12.4. The summed E-state index contributed by atoms with van der Waals surface area (Å²) in [6, 6.07) is 22.4. The molecule has 0 radical (unpaired) electrons. The molecule has 0 aromatic heterocycles. The van der Waals surface area contributed by atoms with Crippen molar-refractivity contribution < 1.29 is 5.11 Å². The number of phenolic OH excluding ortho intramolecular Hbond substituents is 1. The van der Waals surface area contributed by atoms with Gasteiger partial charge in [-0.3, -0.25) is 0 Å². The standard InChI is InChI=1S/C19H18OS/c20-19-9-8-15-11-16(6-7-17(15)12-19)18(13-21)10-14-4-2-1-3-5-14/h1-9,11-12,18,20-21H,10,13H2. The number of benzene rings is 3. The first kappa shape index (κ1) is 14.0. The summed E-state index contributed by atoms with van der Waals surface area (Å²) in [6.45, 7) is 0. The first-order chi connectivity index (χ1) is 10.3. The van der Waals surface area contributed by atoms with Crippen LogP contribution in [0.4, 0.5) is 0 Å². The Labute approximate surface area is 130 Å². The maximum absolute atomic E-state index is 9.54. The summed E-state index contributed by atoms with van der Waals surface area (Å²) in [5.41, 5.74) is 2.63. The predicted molar refractivity (Wildman–Crippen MR) is 92.4 cm³/mol. The summed E-state index contributed by atoms with van der Waals surface area (Å²) in [5.74, 6) is 1.53. The topological polar surface area (TPSA) is 20.2 Å². The molecule has 1 N–H and O–H groups in total. The molecule has 0 amide bonds. The number of hydrogen-bond donors (Lipinski definition) is 2. The largest absolute Gasteiger partial charge is 0.508 e. The lowest BCUT2D eigenvalue weighted by molar-refractivity contribution is 0.476. The van der Waals surface area contributed by atoms with Crippen LogP contribution in [0.15, 0.2) is 66.7 Å². The van der Waals surface area contributed by atoms with Gasteiger partial charge in [-0.15, -0.1) is 0 Å². The van der Waals surface area contributed by atoms with Gasteiger partial charge in [0, 0.05) is 0 Å². The maximum atomic E-state index is 9.54. The summed E-state index contributed by atoms with van der Waals surface area (Å²) in [7, 11) is 0. The minimum Gasteiger partial charge on any atom is -0.508 e. The lowest BCUT2D eigenvalue weighted by atomic mass is 9.92. The van der Waals surface area contributed by atoms with E-state index in [1.165, 1.54) is 11.1 Å². The van der Waals surface area contributed by atoms with Crippen LogP contribution in [0.2, 0.25) is 0 Å². The molecule has 106 valence electrons. The lowest BCUT2D eigenvalue weighted by Crippen LogP contribution is -2.04. The molecule has 0 spiro atoms. The van der Waals surface area contributed by atoms with Crippen LogP contribution in [-0.2, 0) is 6.42 Å². The molecule has 0 aliphatic heterocycles. The number of aromatic hydroxyl groups is 1. The highest BCUT2D eigenvalue weighted by atomic mass is 32.1. The van der Waals surface area contributed by atoms with E-state index in [4.69, 9.17) is 0 Å². The van der Waals surface area contributed by atoms with E-state index in [0.717, 1.165) is 22.9 Å². The Balaban J connectivity index is 1.91. The molecule has 1 unspecified atom stereocenters. The average molecular weight is 294 g/mol. The van der Waals surface area contributed by atoms with Crippen molar-refractivity contribution in [3.63, 3.8) is 0 Å². The molecule has 0 aliphatic carbocycles. The lowest BCUT2D eigenvalue weighted by Gasteiger charge is -2.16. The Kier molecular flexibility index (Phi) is 4.16. The van der Waals surface area contributed by atoms with E-state index < -0.39 is 0 Å². The zero-order valence-corrected chi connectivity index (χ0v) is 12.6. The summed E-state index contributed by atoms with van der Waals surface area (Å²) >= 11 is 4.53. The number of fused-ring (bicyclic) bond motifs is 1. The quantitative estimate of drug-likeness (QED) is 0.662. The van der Waals surface area contributed by atoms with Gasteiger partial charge in [-0.25, -0.2) is 0 Å². The smallest absolute Gasteiger partial charge is 0.116 e. The minimum atomic E-state index is 0.310. The Morgan fingerprint density at radius 3 is 2.33 bits per heavy atom.